The first-order chi connectivity index (χ1) is 7.18. The van der Waals surface area contributed by atoms with Crippen LogP contribution in [0.1, 0.15) is 24.8 Å². The van der Waals surface area contributed by atoms with Gasteiger partial charge in [0.25, 0.3) is 0 Å². The van der Waals surface area contributed by atoms with Crippen molar-refractivity contribution in [1.82, 2.24) is 0 Å². The van der Waals surface area contributed by atoms with Crippen molar-refractivity contribution in [3.05, 3.63) is 45.6 Å². The van der Waals surface area contributed by atoms with Gasteiger partial charge in [0.1, 0.15) is 0 Å². The van der Waals surface area contributed by atoms with E-state index in [9.17, 15) is 5.11 Å². The normalized spacial score (nSPS) is 25.5. The van der Waals surface area contributed by atoms with Crippen LogP contribution >= 0.6 is 22.6 Å². The highest BCUT2D eigenvalue weighted by Crippen LogP contribution is 2.26. The van der Waals surface area contributed by atoms with E-state index in [0.29, 0.717) is 0 Å². The lowest BCUT2D eigenvalue weighted by Gasteiger charge is -2.27. The number of hydrogen-bond acceptors (Lipinski definition) is 1. The summed E-state index contributed by atoms with van der Waals surface area (Å²) in [4.78, 5) is 0. The molecule has 1 aromatic carbocycles. The van der Waals surface area contributed by atoms with Crippen LogP contribution in [0.5, 0.6) is 0 Å². The lowest BCUT2D eigenvalue weighted by Crippen LogP contribution is -2.30. The summed E-state index contributed by atoms with van der Waals surface area (Å²) in [5.74, 6) is 0. The molecule has 1 nitrogen and oxygen atoms in total. The van der Waals surface area contributed by atoms with Gasteiger partial charge in [-0.1, -0.05) is 24.3 Å². The number of benzene rings is 1. The third-order valence-electron chi connectivity index (χ3n) is 2.83. The quantitative estimate of drug-likeness (QED) is 0.656. The average Bonchev–Trinajstić information content (AvgIpc) is 2.22. The fraction of sp³-hybridized carbons (Fsp3) is 0.385. The van der Waals surface area contributed by atoms with E-state index < -0.39 is 5.60 Å². The van der Waals surface area contributed by atoms with E-state index >= 15 is 0 Å². The minimum absolute atomic E-state index is 0.606. The molecule has 1 aliphatic rings. The van der Waals surface area contributed by atoms with Crippen molar-refractivity contribution in [2.45, 2.75) is 31.3 Å². The Labute approximate surface area is 104 Å². The largest absolute Gasteiger partial charge is 0.385 e. The van der Waals surface area contributed by atoms with E-state index in [1.165, 1.54) is 9.13 Å². The maximum absolute atomic E-state index is 10.3. The van der Waals surface area contributed by atoms with Gasteiger partial charge < -0.3 is 5.11 Å². The molecule has 1 N–H and O–H groups in total. The molecule has 15 heavy (non-hydrogen) atoms. The molecule has 0 aromatic heterocycles. The highest BCUT2D eigenvalue weighted by molar-refractivity contribution is 14.1. The summed E-state index contributed by atoms with van der Waals surface area (Å²) in [5.41, 5.74) is 0.606. The highest BCUT2D eigenvalue weighted by Gasteiger charge is 2.25. The van der Waals surface area contributed by atoms with Crippen LogP contribution in [0.25, 0.3) is 0 Å². The second-order valence-electron chi connectivity index (χ2n) is 4.20. The smallest absolute Gasteiger partial charge is 0.0867 e. The molecule has 0 fully saturated rings. The number of allylic oxidation sites excluding steroid dienone is 1. The van der Waals surface area contributed by atoms with Crippen LogP contribution in [-0.4, -0.2) is 10.7 Å². The molecule has 1 unspecified atom stereocenters. The zero-order valence-corrected chi connectivity index (χ0v) is 10.8. The standard InChI is InChI=1S/C13H15IO/c14-12-6-4-11(5-7-12)10-13(15)8-2-1-3-9-13/h2,4-8,15H,1,3,9-10H2. The second kappa shape index (κ2) is 4.66. The third kappa shape index (κ3) is 3.05. The summed E-state index contributed by atoms with van der Waals surface area (Å²) < 4.78 is 1.24. The average molecular weight is 314 g/mol. The first-order valence-corrected chi connectivity index (χ1v) is 6.40. The van der Waals surface area contributed by atoms with Gasteiger partial charge in [0.15, 0.2) is 0 Å². The maximum atomic E-state index is 10.3. The highest BCUT2D eigenvalue weighted by atomic mass is 127. The van der Waals surface area contributed by atoms with Crippen LogP contribution in [0, 0.1) is 3.57 Å². The molecule has 1 aromatic rings. The molecule has 2 rings (SSSR count). The molecule has 0 spiro atoms. The zero-order chi connectivity index (χ0) is 10.7. The third-order valence-corrected chi connectivity index (χ3v) is 3.55. The van der Waals surface area contributed by atoms with Crippen molar-refractivity contribution in [3.63, 3.8) is 0 Å². The number of aliphatic hydroxyl groups is 1. The monoisotopic (exact) mass is 314 g/mol. The molecule has 2 heteroatoms. The molecule has 80 valence electrons. The maximum Gasteiger partial charge on any atom is 0.0867 e. The van der Waals surface area contributed by atoms with Crippen LogP contribution in [0.4, 0.5) is 0 Å². The lowest BCUT2D eigenvalue weighted by molar-refractivity contribution is 0.0751. The van der Waals surface area contributed by atoms with Gasteiger partial charge in [0.05, 0.1) is 5.60 Å². The molecule has 1 atom stereocenters. The van der Waals surface area contributed by atoms with E-state index in [1.807, 2.05) is 6.08 Å². The van der Waals surface area contributed by atoms with Gasteiger partial charge in [-0.2, -0.15) is 0 Å². The Morgan fingerprint density at radius 1 is 1.27 bits per heavy atom. The van der Waals surface area contributed by atoms with E-state index in [-0.39, 0.29) is 0 Å². The Hall–Kier alpha value is -0.350. The first kappa shape index (κ1) is 11.1. The van der Waals surface area contributed by atoms with Crippen LogP contribution < -0.4 is 0 Å². The first-order valence-electron chi connectivity index (χ1n) is 5.32. The van der Waals surface area contributed by atoms with Crippen LogP contribution in [0.15, 0.2) is 36.4 Å². The van der Waals surface area contributed by atoms with E-state index in [4.69, 9.17) is 0 Å². The summed E-state index contributed by atoms with van der Waals surface area (Å²) in [7, 11) is 0. The van der Waals surface area contributed by atoms with Gasteiger partial charge in [0.2, 0.25) is 0 Å². The second-order valence-corrected chi connectivity index (χ2v) is 5.45. The van der Waals surface area contributed by atoms with Crippen LogP contribution in [-0.2, 0) is 6.42 Å². The summed E-state index contributed by atoms with van der Waals surface area (Å²) in [6.07, 6.45) is 7.88. The van der Waals surface area contributed by atoms with Crippen LogP contribution in [0.2, 0.25) is 0 Å². The zero-order valence-electron chi connectivity index (χ0n) is 8.62. The van der Waals surface area contributed by atoms with Crippen molar-refractivity contribution in [2.24, 2.45) is 0 Å². The van der Waals surface area contributed by atoms with Crippen molar-refractivity contribution >= 4 is 22.6 Å². The predicted molar refractivity (Wildman–Crippen MR) is 70.8 cm³/mol. The summed E-state index contributed by atoms with van der Waals surface area (Å²) in [5, 5.41) is 10.3. The molecule has 0 saturated heterocycles. The molecular formula is C13H15IO. The van der Waals surface area contributed by atoms with Gasteiger partial charge in [-0.05, 0) is 59.5 Å². The SMILES string of the molecule is OC1(Cc2ccc(I)cc2)C=CCCC1. The predicted octanol–water partition coefficient (Wildman–Crippen LogP) is 3.30. The van der Waals surface area contributed by atoms with E-state index in [1.54, 1.807) is 0 Å². The van der Waals surface area contributed by atoms with Gasteiger partial charge in [-0.15, -0.1) is 0 Å². The summed E-state index contributed by atoms with van der Waals surface area (Å²) >= 11 is 2.29. The van der Waals surface area contributed by atoms with Gasteiger partial charge in [-0.3, -0.25) is 0 Å². The summed E-state index contributed by atoms with van der Waals surface area (Å²) in [6.45, 7) is 0. The fourth-order valence-electron chi connectivity index (χ4n) is 2.02. The van der Waals surface area contributed by atoms with Crippen molar-refractivity contribution in [3.8, 4) is 0 Å². The fourth-order valence-corrected chi connectivity index (χ4v) is 2.37. The Morgan fingerprint density at radius 3 is 2.60 bits per heavy atom. The van der Waals surface area contributed by atoms with Crippen molar-refractivity contribution < 1.29 is 5.11 Å². The van der Waals surface area contributed by atoms with Crippen LogP contribution in [0.3, 0.4) is 0 Å². The molecule has 0 heterocycles. The minimum atomic E-state index is -0.606. The Morgan fingerprint density at radius 2 is 2.00 bits per heavy atom. The number of rotatable bonds is 2. The van der Waals surface area contributed by atoms with E-state index in [0.717, 1.165) is 25.7 Å². The molecule has 0 aliphatic heterocycles. The Bertz CT molecular complexity index is 355. The Balaban J connectivity index is 2.10. The van der Waals surface area contributed by atoms with Gasteiger partial charge >= 0.3 is 0 Å². The lowest BCUT2D eigenvalue weighted by atomic mass is 9.85. The molecule has 0 radical (unpaired) electrons. The number of hydrogen-bond donors (Lipinski definition) is 1. The molecule has 0 saturated carbocycles. The molecule has 1 aliphatic carbocycles. The summed E-state index contributed by atoms with van der Waals surface area (Å²) in [6, 6.07) is 8.38. The molecule has 0 bridgehead atoms. The number of halogens is 1. The van der Waals surface area contributed by atoms with Crippen molar-refractivity contribution in [1.29, 1.82) is 0 Å². The Kier molecular flexibility index (Phi) is 3.46. The minimum Gasteiger partial charge on any atom is -0.385 e. The van der Waals surface area contributed by atoms with Gasteiger partial charge in [-0.25, -0.2) is 0 Å². The van der Waals surface area contributed by atoms with Gasteiger partial charge in [0, 0.05) is 9.99 Å². The van der Waals surface area contributed by atoms with Crippen molar-refractivity contribution in [2.75, 3.05) is 0 Å². The van der Waals surface area contributed by atoms with E-state index in [2.05, 4.69) is 52.9 Å². The molecular weight excluding hydrogens is 299 g/mol. The topological polar surface area (TPSA) is 20.2 Å². The molecule has 0 amide bonds.